The average molecular weight is 337 g/mol. The number of amides is 1. The van der Waals surface area contributed by atoms with Gasteiger partial charge < -0.3 is 4.90 Å². The van der Waals surface area contributed by atoms with Crippen LogP contribution in [0.1, 0.15) is 36.6 Å². The highest BCUT2D eigenvalue weighted by Crippen LogP contribution is 2.24. The maximum Gasteiger partial charge on any atom is 0.273 e. The number of hydrogen-bond acceptors (Lipinski definition) is 4. The summed E-state index contributed by atoms with van der Waals surface area (Å²) in [7, 11) is 0. The molecule has 0 heterocycles. The number of rotatable bonds is 6. The molecule has 1 unspecified atom stereocenters. The van der Waals surface area contributed by atoms with E-state index in [9.17, 15) is 14.9 Å². The molecule has 6 nitrogen and oxygen atoms in total. The van der Waals surface area contributed by atoms with Crippen molar-refractivity contribution in [3.8, 4) is 6.07 Å². The molecule has 0 aromatic heterocycles. The molecule has 2 aromatic carbocycles. The highest BCUT2D eigenvalue weighted by molar-refractivity contribution is 5.80. The molecular weight excluding hydrogens is 318 g/mol. The quantitative estimate of drug-likeness (QED) is 0.595. The van der Waals surface area contributed by atoms with E-state index in [1.807, 2.05) is 26.0 Å². The molecule has 128 valence electrons. The van der Waals surface area contributed by atoms with Crippen molar-refractivity contribution in [1.82, 2.24) is 4.90 Å². The van der Waals surface area contributed by atoms with Crippen molar-refractivity contribution in [1.29, 1.82) is 5.26 Å². The van der Waals surface area contributed by atoms with E-state index in [1.54, 1.807) is 35.2 Å². The van der Waals surface area contributed by atoms with Gasteiger partial charge in [-0.1, -0.05) is 30.3 Å². The predicted octanol–water partition coefficient (Wildman–Crippen LogP) is 3.62. The summed E-state index contributed by atoms with van der Waals surface area (Å²) in [6.07, 6.45) is -0.0222. The van der Waals surface area contributed by atoms with Crippen LogP contribution in [-0.4, -0.2) is 22.3 Å². The van der Waals surface area contributed by atoms with Crippen molar-refractivity contribution in [3.63, 3.8) is 0 Å². The van der Waals surface area contributed by atoms with Gasteiger partial charge in [-0.25, -0.2) is 0 Å². The van der Waals surface area contributed by atoms with Crippen molar-refractivity contribution in [2.45, 2.75) is 26.3 Å². The van der Waals surface area contributed by atoms with Gasteiger partial charge >= 0.3 is 0 Å². The first-order chi connectivity index (χ1) is 12.0. The number of carbonyl (C=O) groups is 1. The highest BCUT2D eigenvalue weighted by atomic mass is 16.6. The molecule has 0 radical (unpaired) electrons. The molecule has 0 fully saturated rings. The standard InChI is InChI=1S/C19H19N3O3/c1-3-21(14(2)16-10-8-15(13-20)9-11-16)19(23)12-17-6-4-5-7-18(17)22(24)25/h4-11,14H,3,12H2,1-2H3. The summed E-state index contributed by atoms with van der Waals surface area (Å²) in [5, 5.41) is 20.0. The number of carbonyl (C=O) groups excluding carboxylic acids is 1. The zero-order valence-corrected chi connectivity index (χ0v) is 14.2. The summed E-state index contributed by atoms with van der Waals surface area (Å²) in [5.74, 6) is -0.173. The second kappa shape index (κ2) is 8.06. The lowest BCUT2D eigenvalue weighted by molar-refractivity contribution is -0.385. The fourth-order valence-electron chi connectivity index (χ4n) is 2.79. The summed E-state index contributed by atoms with van der Waals surface area (Å²) in [4.78, 5) is 25.0. The topological polar surface area (TPSA) is 87.2 Å². The van der Waals surface area contributed by atoms with Crippen LogP contribution < -0.4 is 0 Å². The Labute approximate surface area is 146 Å². The van der Waals surface area contributed by atoms with E-state index < -0.39 is 4.92 Å². The number of nitriles is 1. The highest BCUT2D eigenvalue weighted by Gasteiger charge is 2.23. The minimum atomic E-state index is -0.469. The molecule has 0 aliphatic rings. The molecule has 0 aliphatic carbocycles. The van der Waals surface area contributed by atoms with Gasteiger partial charge in [0.25, 0.3) is 5.69 Å². The largest absolute Gasteiger partial charge is 0.336 e. The molecule has 1 atom stereocenters. The van der Waals surface area contributed by atoms with E-state index >= 15 is 0 Å². The van der Waals surface area contributed by atoms with Crippen molar-refractivity contribution in [3.05, 3.63) is 75.3 Å². The van der Waals surface area contributed by atoms with Crippen molar-refractivity contribution < 1.29 is 9.72 Å². The van der Waals surface area contributed by atoms with Crippen LogP contribution in [0.2, 0.25) is 0 Å². The Bertz CT molecular complexity index is 809. The Balaban J connectivity index is 2.20. The van der Waals surface area contributed by atoms with Gasteiger partial charge in [0.2, 0.25) is 5.91 Å². The minimum Gasteiger partial charge on any atom is -0.336 e. The van der Waals surface area contributed by atoms with Crippen LogP contribution in [0, 0.1) is 21.4 Å². The number of likely N-dealkylation sites (N-methyl/N-ethyl adjacent to an activating group) is 1. The molecule has 25 heavy (non-hydrogen) atoms. The van der Waals surface area contributed by atoms with Crippen LogP contribution >= 0.6 is 0 Å². The number of nitro groups is 1. The maximum atomic E-state index is 12.7. The number of para-hydroxylation sites is 1. The smallest absolute Gasteiger partial charge is 0.273 e. The third kappa shape index (κ3) is 4.21. The third-order valence-corrected chi connectivity index (χ3v) is 4.18. The fraction of sp³-hybridized carbons (Fsp3) is 0.263. The maximum absolute atomic E-state index is 12.7. The van der Waals surface area contributed by atoms with Gasteiger partial charge in [0.15, 0.2) is 0 Å². The van der Waals surface area contributed by atoms with Crippen molar-refractivity contribution in [2.24, 2.45) is 0 Å². The van der Waals surface area contributed by atoms with Crippen LogP contribution in [0.5, 0.6) is 0 Å². The second-order valence-corrected chi connectivity index (χ2v) is 5.65. The summed E-state index contributed by atoms with van der Waals surface area (Å²) in [6.45, 7) is 4.26. The lowest BCUT2D eigenvalue weighted by atomic mass is 10.0. The van der Waals surface area contributed by atoms with E-state index in [1.165, 1.54) is 6.07 Å². The third-order valence-electron chi connectivity index (χ3n) is 4.18. The Kier molecular flexibility index (Phi) is 5.85. The van der Waals surface area contributed by atoms with E-state index in [0.29, 0.717) is 17.7 Å². The molecular formula is C19H19N3O3. The van der Waals surface area contributed by atoms with Gasteiger partial charge in [-0.05, 0) is 31.5 Å². The minimum absolute atomic E-state index is 0.0222. The lowest BCUT2D eigenvalue weighted by Crippen LogP contribution is -2.34. The summed E-state index contributed by atoms with van der Waals surface area (Å²) in [6, 6.07) is 15.2. The summed E-state index contributed by atoms with van der Waals surface area (Å²) in [5.41, 5.74) is 1.84. The zero-order chi connectivity index (χ0) is 18.4. The first-order valence-electron chi connectivity index (χ1n) is 7.99. The van der Waals surface area contributed by atoms with Gasteiger partial charge in [0, 0.05) is 18.2 Å². The molecule has 0 aliphatic heterocycles. The lowest BCUT2D eigenvalue weighted by Gasteiger charge is -2.28. The van der Waals surface area contributed by atoms with Gasteiger partial charge in [-0.2, -0.15) is 5.26 Å². The Morgan fingerprint density at radius 2 is 1.88 bits per heavy atom. The number of nitrogens with zero attached hydrogens (tertiary/aromatic N) is 3. The van der Waals surface area contributed by atoms with E-state index in [-0.39, 0.29) is 24.1 Å². The Hall–Kier alpha value is -3.20. The van der Waals surface area contributed by atoms with Crippen molar-refractivity contribution >= 4 is 11.6 Å². The molecule has 0 saturated carbocycles. The molecule has 2 rings (SSSR count). The van der Waals surface area contributed by atoms with Crippen LogP contribution in [-0.2, 0) is 11.2 Å². The molecule has 6 heteroatoms. The molecule has 2 aromatic rings. The van der Waals surface area contributed by atoms with E-state index in [2.05, 4.69) is 6.07 Å². The average Bonchev–Trinajstić information content (AvgIpc) is 2.62. The van der Waals surface area contributed by atoms with Gasteiger partial charge in [-0.3, -0.25) is 14.9 Å². The summed E-state index contributed by atoms with van der Waals surface area (Å²) < 4.78 is 0. The molecule has 0 bridgehead atoms. The van der Waals surface area contributed by atoms with E-state index in [0.717, 1.165) is 5.56 Å². The van der Waals surface area contributed by atoms with Gasteiger partial charge in [0.05, 0.1) is 29.0 Å². The SMILES string of the molecule is CCN(C(=O)Cc1ccccc1[N+](=O)[O-])C(C)c1ccc(C#N)cc1. The first-order valence-corrected chi connectivity index (χ1v) is 7.99. The van der Waals surface area contributed by atoms with Crippen molar-refractivity contribution in [2.75, 3.05) is 6.54 Å². The fourth-order valence-corrected chi connectivity index (χ4v) is 2.79. The molecule has 1 amide bonds. The van der Waals surface area contributed by atoms with Crippen LogP contribution in [0.25, 0.3) is 0 Å². The van der Waals surface area contributed by atoms with Crippen LogP contribution in [0.4, 0.5) is 5.69 Å². The monoisotopic (exact) mass is 337 g/mol. The molecule has 0 spiro atoms. The van der Waals surface area contributed by atoms with Crippen LogP contribution in [0.3, 0.4) is 0 Å². The molecule has 0 saturated heterocycles. The van der Waals surface area contributed by atoms with E-state index in [4.69, 9.17) is 5.26 Å². The summed E-state index contributed by atoms with van der Waals surface area (Å²) >= 11 is 0. The van der Waals surface area contributed by atoms with Gasteiger partial charge in [0.1, 0.15) is 0 Å². The normalized spacial score (nSPS) is 11.4. The number of nitro benzene ring substituents is 1. The van der Waals surface area contributed by atoms with Crippen LogP contribution in [0.15, 0.2) is 48.5 Å². The van der Waals surface area contributed by atoms with Gasteiger partial charge in [-0.15, -0.1) is 0 Å². The second-order valence-electron chi connectivity index (χ2n) is 5.65. The zero-order valence-electron chi connectivity index (χ0n) is 14.2. The number of hydrogen-bond donors (Lipinski definition) is 0. The Morgan fingerprint density at radius 3 is 2.44 bits per heavy atom. The predicted molar refractivity (Wildman–Crippen MR) is 93.8 cm³/mol. The number of benzene rings is 2. The Morgan fingerprint density at radius 1 is 1.24 bits per heavy atom. The molecule has 0 N–H and O–H groups in total. The first kappa shape index (κ1) is 18.1.